The molecule has 2 heteroatoms. The standard InChI is InChI=1S/C14H30N2/c1-12(2)7-10-16(5)14(11-15)9-6-8-13(14,3)4/h12H,6-11,15H2,1-5H3. The van der Waals surface area contributed by atoms with Crippen molar-refractivity contribution in [2.75, 3.05) is 20.1 Å². The zero-order valence-corrected chi connectivity index (χ0v) is 11.8. The van der Waals surface area contributed by atoms with Gasteiger partial charge in [-0.15, -0.1) is 0 Å². The Hall–Kier alpha value is -0.0800. The van der Waals surface area contributed by atoms with Crippen LogP contribution in [0.1, 0.15) is 53.4 Å². The van der Waals surface area contributed by atoms with Crippen molar-refractivity contribution < 1.29 is 0 Å². The summed E-state index contributed by atoms with van der Waals surface area (Å²) in [6, 6.07) is 0. The largest absolute Gasteiger partial charge is 0.329 e. The number of nitrogens with zero attached hydrogens (tertiary/aromatic N) is 1. The number of hydrogen-bond acceptors (Lipinski definition) is 2. The van der Waals surface area contributed by atoms with Crippen LogP contribution in [0.4, 0.5) is 0 Å². The molecule has 0 spiro atoms. The lowest BCUT2D eigenvalue weighted by atomic mass is 9.73. The Morgan fingerprint density at radius 1 is 1.25 bits per heavy atom. The second-order valence-electron chi connectivity index (χ2n) is 6.58. The molecule has 1 unspecified atom stereocenters. The van der Waals surface area contributed by atoms with Gasteiger partial charge in [-0.3, -0.25) is 4.90 Å². The lowest BCUT2D eigenvalue weighted by Gasteiger charge is -2.48. The first-order valence-electron chi connectivity index (χ1n) is 6.77. The molecule has 2 nitrogen and oxygen atoms in total. The summed E-state index contributed by atoms with van der Waals surface area (Å²) >= 11 is 0. The highest BCUT2D eigenvalue weighted by molar-refractivity contribution is 5.06. The Kier molecular flexibility index (Phi) is 4.42. The van der Waals surface area contributed by atoms with Crippen LogP contribution in [-0.2, 0) is 0 Å². The van der Waals surface area contributed by atoms with Crippen LogP contribution in [0.2, 0.25) is 0 Å². The first-order valence-corrected chi connectivity index (χ1v) is 6.77. The molecule has 1 aliphatic rings. The molecular weight excluding hydrogens is 196 g/mol. The van der Waals surface area contributed by atoms with Crippen LogP contribution >= 0.6 is 0 Å². The molecule has 0 aliphatic heterocycles. The Balaban J connectivity index is 2.72. The summed E-state index contributed by atoms with van der Waals surface area (Å²) in [4.78, 5) is 2.54. The predicted octanol–water partition coefficient (Wildman–Crippen LogP) is 2.87. The summed E-state index contributed by atoms with van der Waals surface area (Å²) in [5, 5.41) is 0. The van der Waals surface area contributed by atoms with Crippen molar-refractivity contribution in [1.29, 1.82) is 0 Å². The predicted molar refractivity (Wildman–Crippen MR) is 71.5 cm³/mol. The van der Waals surface area contributed by atoms with Crippen molar-refractivity contribution >= 4 is 0 Å². The molecule has 2 N–H and O–H groups in total. The van der Waals surface area contributed by atoms with Crippen LogP contribution in [0.5, 0.6) is 0 Å². The molecule has 0 aromatic carbocycles. The third kappa shape index (κ3) is 2.43. The third-order valence-electron chi connectivity index (χ3n) is 4.76. The number of nitrogens with two attached hydrogens (primary N) is 1. The van der Waals surface area contributed by atoms with E-state index in [1.165, 1.54) is 32.2 Å². The molecule has 1 rings (SSSR count). The fourth-order valence-corrected chi connectivity index (χ4v) is 3.30. The molecule has 1 aliphatic carbocycles. The van der Waals surface area contributed by atoms with E-state index in [4.69, 9.17) is 5.73 Å². The van der Waals surface area contributed by atoms with E-state index in [1.54, 1.807) is 0 Å². The molecule has 0 aromatic rings. The molecule has 0 heterocycles. The zero-order valence-electron chi connectivity index (χ0n) is 11.8. The average Bonchev–Trinajstić information content (AvgIpc) is 2.50. The first-order chi connectivity index (χ1) is 7.35. The van der Waals surface area contributed by atoms with Gasteiger partial charge in [0.05, 0.1) is 0 Å². The van der Waals surface area contributed by atoms with Crippen LogP contribution in [0.3, 0.4) is 0 Å². The lowest BCUT2D eigenvalue weighted by Crippen LogP contribution is -2.58. The first kappa shape index (κ1) is 14.0. The molecule has 0 aromatic heterocycles. The highest BCUT2D eigenvalue weighted by Crippen LogP contribution is 2.48. The molecule has 16 heavy (non-hydrogen) atoms. The van der Waals surface area contributed by atoms with Crippen LogP contribution < -0.4 is 5.73 Å². The monoisotopic (exact) mass is 226 g/mol. The van der Waals surface area contributed by atoms with Gasteiger partial charge in [0.1, 0.15) is 0 Å². The Labute approximate surface area is 102 Å². The summed E-state index contributed by atoms with van der Waals surface area (Å²) in [6.45, 7) is 11.3. The Morgan fingerprint density at radius 2 is 1.88 bits per heavy atom. The maximum atomic E-state index is 6.11. The van der Waals surface area contributed by atoms with Gasteiger partial charge < -0.3 is 5.73 Å². The fourth-order valence-electron chi connectivity index (χ4n) is 3.30. The Bertz CT molecular complexity index is 223. The molecule has 0 bridgehead atoms. The van der Waals surface area contributed by atoms with Gasteiger partial charge in [-0.1, -0.05) is 34.1 Å². The quantitative estimate of drug-likeness (QED) is 0.781. The van der Waals surface area contributed by atoms with Gasteiger partial charge >= 0.3 is 0 Å². The van der Waals surface area contributed by atoms with Gasteiger partial charge in [0.25, 0.3) is 0 Å². The van der Waals surface area contributed by atoms with Crippen LogP contribution in [0.15, 0.2) is 0 Å². The summed E-state index contributed by atoms with van der Waals surface area (Å²) < 4.78 is 0. The van der Waals surface area contributed by atoms with Crippen molar-refractivity contribution in [2.45, 2.75) is 58.9 Å². The maximum Gasteiger partial charge on any atom is 0.0379 e. The van der Waals surface area contributed by atoms with Gasteiger partial charge in [0.15, 0.2) is 0 Å². The molecule has 96 valence electrons. The highest BCUT2D eigenvalue weighted by atomic mass is 15.2. The second-order valence-corrected chi connectivity index (χ2v) is 6.58. The van der Waals surface area contributed by atoms with Crippen LogP contribution in [-0.4, -0.2) is 30.6 Å². The molecule has 1 fully saturated rings. The third-order valence-corrected chi connectivity index (χ3v) is 4.76. The van der Waals surface area contributed by atoms with Gasteiger partial charge in [-0.2, -0.15) is 0 Å². The topological polar surface area (TPSA) is 29.3 Å². The van der Waals surface area contributed by atoms with E-state index >= 15 is 0 Å². The second kappa shape index (κ2) is 5.05. The van der Waals surface area contributed by atoms with E-state index in [2.05, 4.69) is 39.6 Å². The molecule has 0 saturated heterocycles. The minimum Gasteiger partial charge on any atom is -0.329 e. The van der Waals surface area contributed by atoms with Crippen molar-refractivity contribution in [2.24, 2.45) is 17.1 Å². The summed E-state index contributed by atoms with van der Waals surface area (Å²) in [7, 11) is 2.27. The van der Waals surface area contributed by atoms with E-state index < -0.39 is 0 Å². The normalized spacial score (nSPS) is 29.2. The molecular formula is C14H30N2. The SMILES string of the molecule is CC(C)CCN(C)C1(CN)CCCC1(C)C. The molecule has 1 atom stereocenters. The minimum atomic E-state index is 0.238. The average molecular weight is 226 g/mol. The fraction of sp³-hybridized carbons (Fsp3) is 1.00. The van der Waals surface area contributed by atoms with E-state index in [-0.39, 0.29) is 5.54 Å². The molecule has 0 amide bonds. The zero-order chi connectivity index (χ0) is 12.4. The molecule has 0 radical (unpaired) electrons. The van der Waals surface area contributed by atoms with Crippen molar-refractivity contribution in [3.8, 4) is 0 Å². The maximum absolute atomic E-state index is 6.11. The van der Waals surface area contributed by atoms with Gasteiger partial charge in [-0.05, 0) is 44.2 Å². The van der Waals surface area contributed by atoms with E-state index in [9.17, 15) is 0 Å². The summed E-state index contributed by atoms with van der Waals surface area (Å²) in [5.41, 5.74) is 6.72. The highest BCUT2D eigenvalue weighted by Gasteiger charge is 2.50. The van der Waals surface area contributed by atoms with E-state index in [0.717, 1.165) is 12.5 Å². The van der Waals surface area contributed by atoms with Crippen molar-refractivity contribution in [3.63, 3.8) is 0 Å². The lowest BCUT2D eigenvalue weighted by molar-refractivity contribution is 0.0306. The van der Waals surface area contributed by atoms with Gasteiger partial charge in [0, 0.05) is 12.1 Å². The van der Waals surface area contributed by atoms with Gasteiger partial charge in [0.2, 0.25) is 0 Å². The number of hydrogen-bond donors (Lipinski definition) is 1. The number of likely N-dealkylation sites (N-methyl/N-ethyl adjacent to an activating group) is 1. The number of rotatable bonds is 5. The van der Waals surface area contributed by atoms with Crippen molar-refractivity contribution in [3.05, 3.63) is 0 Å². The van der Waals surface area contributed by atoms with E-state index in [0.29, 0.717) is 5.41 Å². The van der Waals surface area contributed by atoms with Crippen LogP contribution in [0, 0.1) is 11.3 Å². The summed E-state index contributed by atoms with van der Waals surface area (Å²) in [5.74, 6) is 0.779. The smallest absolute Gasteiger partial charge is 0.0379 e. The minimum absolute atomic E-state index is 0.238. The van der Waals surface area contributed by atoms with Crippen molar-refractivity contribution in [1.82, 2.24) is 4.90 Å². The molecule has 1 saturated carbocycles. The van der Waals surface area contributed by atoms with Crippen LogP contribution in [0.25, 0.3) is 0 Å². The van der Waals surface area contributed by atoms with Gasteiger partial charge in [-0.25, -0.2) is 0 Å². The van der Waals surface area contributed by atoms with E-state index in [1.807, 2.05) is 0 Å². The summed E-state index contributed by atoms with van der Waals surface area (Å²) in [6.07, 6.45) is 5.19. The Morgan fingerprint density at radius 3 is 2.25 bits per heavy atom.